The summed E-state index contributed by atoms with van der Waals surface area (Å²) in [6.07, 6.45) is 0. The van der Waals surface area contributed by atoms with Crippen molar-refractivity contribution < 1.29 is 9.53 Å². The molecule has 2 aromatic carbocycles. The molecule has 1 N–H and O–H groups in total. The molecular weight excluding hydrogens is 382 g/mol. The maximum absolute atomic E-state index is 12.5. The molecule has 0 spiro atoms. The first kappa shape index (κ1) is 17.1. The summed E-state index contributed by atoms with van der Waals surface area (Å²) in [7, 11) is 0. The normalized spacial score (nSPS) is 10.4. The average Bonchev–Trinajstić information content (AvgIpc) is 2.59. The molecule has 0 atom stereocenters. The minimum absolute atomic E-state index is 0.223. The monoisotopic (exact) mass is 397 g/mol. The quantitative estimate of drug-likeness (QED) is 0.679. The van der Waals surface area contributed by atoms with E-state index in [9.17, 15) is 4.79 Å². The zero-order valence-electron chi connectivity index (χ0n) is 13.8. The fourth-order valence-corrected chi connectivity index (χ4v) is 2.80. The van der Waals surface area contributed by atoms with E-state index in [0.29, 0.717) is 28.4 Å². The largest absolute Gasteiger partial charge is 0.424 e. The molecule has 6 heteroatoms. The van der Waals surface area contributed by atoms with Crippen LogP contribution in [0.15, 0.2) is 59.1 Å². The highest BCUT2D eigenvalue weighted by molar-refractivity contribution is 9.10. The van der Waals surface area contributed by atoms with Crippen molar-refractivity contribution in [1.82, 2.24) is 9.97 Å². The number of nitrogens with zero attached hydrogens (tertiary/aromatic N) is 2. The first-order valence-corrected chi connectivity index (χ1v) is 8.48. The fourth-order valence-electron chi connectivity index (χ4n) is 2.33. The number of nitrogens with one attached hydrogen (secondary N) is 1. The first-order valence-electron chi connectivity index (χ1n) is 7.68. The van der Waals surface area contributed by atoms with Crippen LogP contribution in [-0.4, -0.2) is 15.9 Å². The Bertz CT molecular complexity index is 891. The van der Waals surface area contributed by atoms with E-state index < -0.39 is 0 Å². The van der Waals surface area contributed by atoms with E-state index in [-0.39, 0.29) is 11.9 Å². The maximum Gasteiger partial charge on any atom is 0.322 e. The predicted octanol–water partition coefficient (Wildman–Crippen LogP) is 4.90. The van der Waals surface area contributed by atoms with Gasteiger partial charge in [0.1, 0.15) is 5.75 Å². The Labute approximate surface area is 154 Å². The van der Waals surface area contributed by atoms with Gasteiger partial charge in [0, 0.05) is 4.47 Å². The molecule has 1 heterocycles. The molecule has 5 nitrogen and oxygen atoms in total. The van der Waals surface area contributed by atoms with Gasteiger partial charge >= 0.3 is 6.01 Å². The summed E-state index contributed by atoms with van der Waals surface area (Å²) in [4.78, 5) is 21.2. The van der Waals surface area contributed by atoms with Crippen LogP contribution in [0.4, 0.5) is 5.69 Å². The average molecular weight is 398 g/mol. The Hall–Kier alpha value is -2.73. The topological polar surface area (TPSA) is 64.1 Å². The zero-order chi connectivity index (χ0) is 17.8. The van der Waals surface area contributed by atoms with Gasteiger partial charge in [0.25, 0.3) is 5.91 Å². The number of halogens is 1. The molecule has 0 aliphatic carbocycles. The minimum Gasteiger partial charge on any atom is -0.424 e. The van der Waals surface area contributed by atoms with Crippen LogP contribution in [0, 0.1) is 13.8 Å². The van der Waals surface area contributed by atoms with Gasteiger partial charge in [-0.05, 0) is 54.0 Å². The number of para-hydroxylation sites is 1. The third-order valence-electron chi connectivity index (χ3n) is 3.56. The molecular formula is C19H16BrN3O2. The molecule has 0 aliphatic heterocycles. The standard InChI is InChI=1S/C19H16BrN3O2/c1-12-17(23-18(24)15-10-6-7-11-16(15)20)13(2)22-19(21-12)25-14-8-4-3-5-9-14/h3-11H,1-2H3,(H,23,24). The molecule has 126 valence electrons. The number of amides is 1. The molecule has 0 unspecified atom stereocenters. The molecule has 3 aromatic rings. The number of hydrogen-bond acceptors (Lipinski definition) is 4. The SMILES string of the molecule is Cc1nc(Oc2ccccc2)nc(C)c1NC(=O)c1ccccc1Br. The van der Waals surface area contributed by atoms with Crippen LogP contribution in [0.5, 0.6) is 11.8 Å². The second-order valence-corrected chi connectivity index (χ2v) is 6.26. The van der Waals surface area contributed by atoms with Gasteiger partial charge in [0.15, 0.2) is 0 Å². The second kappa shape index (κ2) is 7.44. The van der Waals surface area contributed by atoms with E-state index in [1.807, 2.05) is 62.4 Å². The number of aromatic nitrogens is 2. The molecule has 1 amide bonds. The number of hydrogen-bond donors (Lipinski definition) is 1. The lowest BCUT2D eigenvalue weighted by atomic mass is 10.2. The Kier molecular flexibility index (Phi) is 5.09. The molecule has 25 heavy (non-hydrogen) atoms. The van der Waals surface area contributed by atoms with Crippen LogP contribution >= 0.6 is 15.9 Å². The van der Waals surface area contributed by atoms with Crippen LogP contribution in [-0.2, 0) is 0 Å². The van der Waals surface area contributed by atoms with Crippen molar-refractivity contribution in [2.75, 3.05) is 5.32 Å². The summed E-state index contributed by atoms with van der Waals surface area (Å²) < 4.78 is 6.39. The molecule has 0 saturated carbocycles. The van der Waals surface area contributed by atoms with Crippen molar-refractivity contribution >= 4 is 27.5 Å². The van der Waals surface area contributed by atoms with Gasteiger partial charge in [-0.15, -0.1) is 0 Å². The Morgan fingerprint density at radius 3 is 2.20 bits per heavy atom. The Morgan fingerprint density at radius 1 is 0.960 bits per heavy atom. The lowest BCUT2D eigenvalue weighted by Gasteiger charge is -2.13. The number of ether oxygens (including phenoxy) is 1. The summed E-state index contributed by atoms with van der Waals surface area (Å²) in [5, 5.41) is 2.88. The zero-order valence-corrected chi connectivity index (χ0v) is 15.4. The smallest absolute Gasteiger partial charge is 0.322 e. The second-order valence-electron chi connectivity index (χ2n) is 5.40. The predicted molar refractivity (Wildman–Crippen MR) is 100 cm³/mol. The van der Waals surface area contributed by atoms with Crippen molar-refractivity contribution in [2.45, 2.75) is 13.8 Å². The van der Waals surface area contributed by atoms with Crippen molar-refractivity contribution in [3.05, 3.63) is 76.0 Å². The molecule has 3 rings (SSSR count). The summed E-state index contributed by atoms with van der Waals surface area (Å²) in [6, 6.07) is 16.8. The van der Waals surface area contributed by atoms with Gasteiger partial charge in [-0.3, -0.25) is 4.79 Å². The Morgan fingerprint density at radius 2 is 1.56 bits per heavy atom. The molecule has 0 bridgehead atoms. The van der Waals surface area contributed by atoms with E-state index in [1.54, 1.807) is 6.07 Å². The van der Waals surface area contributed by atoms with E-state index >= 15 is 0 Å². The lowest BCUT2D eigenvalue weighted by Crippen LogP contribution is -2.15. The molecule has 0 fully saturated rings. The number of rotatable bonds is 4. The van der Waals surface area contributed by atoms with Crippen molar-refractivity contribution in [1.29, 1.82) is 0 Å². The van der Waals surface area contributed by atoms with Crippen molar-refractivity contribution in [3.8, 4) is 11.8 Å². The molecule has 0 saturated heterocycles. The summed E-state index contributed by atoms with van der Waals surface area (Å²) in [5.74, 6) is 0.435. The third-order valence-corrected chi connectivity index (χ3v) is 4.25. The van der Waals surface area contributed by atoms with Gasteiger partial charge in [-0.1, -0.05) is 30.3 Å². The minimum atomic E-state index is -0.223. The number of anilines is 1. The lowest BCUT2D eigenvalue weighted by molar-refractivity contribution is 0.102. The molecule has 0 radical (unpaired) electrons. The highest BCUT2D eigenvalue weighted by Gasteiger charge is 2.15. The molecule has 0 aliphatic rings. The van der Waals surface area contributed by atoms with Crippen LogP contribution < -0.4 is 10.1 Å². The van der Waals surface area contributed by atoms with E-state index in [2.05, 4.69) is 31.2 Å². The van der Waals surface area contributed by atoms with Crippen molar-refractivity contribution in [2.24, 2.45) is 0 Å². The number of aryl methyl sites for hydroxylation is 2. The number of carbonyl (C=O) groups excluding carboxylic acids is 1. The Balaban J connectivity index is 1.83. The third kappa shape index (κ3) is 4.03. The summed E-state index contributed by atoms with van der Waals surface area (Å²) in [5.41, 5.74) is 2.41. The molecule has 1 aromatic heterocycles. The van der Waals surface area contributed by atoms with E-state index in [1.165, 1.54) is 0 Å². The van der Waals surface area contributed by atoms with Gasteiger partial charge in [0.05, 0.1) is 22.6 Å². The number of carbonyl (C=O) groups is 1. The van der Waals surface area contributed by atoms with Crippen LogP contribution in [0.3, 0.4) is 0 Å². The van der Waals surface area contributed by atoms with Gasteiger partial charge in [-0.2, -0.15) is 9.97 Å². The maximum atomic E-state index is 12.5. The highest BCUT2D eigenvalue weighted by atomic mass is 79.9. The van der Waals surface area contributed by atoms with Gasteiger partial charge in [-0.25, -0.2) is 0 Å². The fraction of sp³-hybridized carbons (Fsp3) is 0.105. The van der Waals surface area contributed by atoms with Crippen LogP contribution in [0.1, 0.15) is 21.7 Å². The first-order chi connectivity index (χ1) is 12.0. The number of benzene rings is 2. The van der Waals surface area contributed by atoms with Crippen molar-refractivity contribution in [3.63, 3.8) is 0 Å². The van der Waals surface area contributed by atoms with Crippen LogP contribution in [0.2, 0.25) is 0 Å². The van der Waals surface area contributed by atoms with E-state index in [0.717, 1.165) is 4.47 Å². The summed E-state index contributed by atoms with van der Waals surface area (Å²) >= 11 is 3.38. The van der Waals surface area contributed by atoms with Gasteiger partial charge < -0.3 is 10.1 Å². The van der Waals surface area contributed by atoms with Gasteiger partial charge in [0.2, 0.25) is 0 Å². The summed E-state index contributed by atoms with van der Waals surface area (Å²) in [6.45, 7) is 3.62. The van der Waals surface area contributed by atoms with E-state index in [4.69, 9.17) is 4.74 Å². The highest BCUT2D eigenvalue weighted by Crippen LogP contribution is 2.24. The van der Waals surface area contributed by atoms with Crippen LogP contribution in [0.25, 0.3) is 0 Å².